The summed E-state index contributed by atoms with van der Waals surface area (Å²) >= 11 is 6.69. The zero-order valence-electron chi connectivity index (χ0n) is 17.0. The van der Waals surface area contributed by atoms with Crippen molar-refractivity contribution in [3.05, 3.63) is 64.3 Å². The number of nitrogens with zero attached hydrogens (tertiary/aromatic N) is 1. The molecule has 5 nitrogen and oxygen atoms in total. The molecule has 0 radical (unpaired) electrons. The zero-order chi connectivity index (χ0) is 21.8. The molecule has 2 aromatic rings. The molecule has 2 fully saturated rings. The molecule has 31 heavy (non-hydrogen) atoms. The molecule has 0 aliphatic carbocycles. The first-order valence-corrected chi connectivity index (χ1v) is 11.2. The Morgan fingerprint density at radius 2 is 2.13 bits per heavy atom. The van der Waals surface area contributed by atoms with Gasteiger partial charge in [-0.15, -0.1) is 0 Å². The number of rotatable bonds is 7. The van der Waals surface area contributed by atoms with Crippen LogP contribution in [-0.4, -0.2) is 41.5 Å². The molecule has 4 rings (SSSR count). The van der Waals surface area contributed by atoms with E-state index in [4.69, 9.17) is 26.4 Å². The van der Waals surface area contributed by atoms with Gasteiger partial charge in [0, 0.05) is 12.2 Å². The van der Waals surface area contributed by atoms with Crippen molar-refractivity contribution in [2.75, 3.05) is 20.3 Å². The number of halogens is 1. The monoisotopic (exact) mass is 459 g/mol. The quantitative estimate of drug-likeness (QED) is 0.438. The van der Waals surface area contributed by atoms with E-state index in [-0.39, 0.29) is 24.4 Å². The first kappa shape index (κ1) is 21.8. The van der Waals surface area contributed by atoms with Crippen LogP contribution in [0.1, 0.15) is 24.0 Å². The van der Waals surface area contributed by atoms with Crippen LogP contribution in [0.15, 0.2) is 47.4 Å². The average Bonchev–Trinajstić information content (AvgIpc) is 3.38. The Labute approximate surface area is 190 Å². The third-order valence-electron chi connectivity index (χ3n) is 5.11. The standard InChI is InChI=1S/C23H22FNO4S2/c1-27-20-11-15(8-9-19(20)29-14-16-5-2-3-7-18(16)24)12-21-22(26)25(23(30)31-21)13-17-6-4-10-28-17/h2-3,5,7-9,11-12,17H,4,6,10,13-14H2,1H3/b21-12-/t17-/m1/s1. The van der Waals surface area contributed by atoms with Crippen LogP contribution < -0.4 is 9.47 Å². The molecule has 0 saturated carbocycles. The number of carbonyl (C=O) groups is 1. The van der Waals surface area contributed by atoms with Crippen molar-refractivity contribution in [3.63, 3.8) is 0 Å². The van der Waals surface area contributed by atoms with Gasteiger partial charge in [-0.1, -0.05) is 48.2 Å². The van der Waals surface area contributed by atoms with Crippen LogP contribution in [0.3, 0.4) is 0 Å². The molecular weight excluding hydrogens is 437 g/mol. The SMILES string of the molecule is COc1cc(/C=C2\SC(=S)N(C[C@H]3CCCO3)C2=O)ccc1OCc1ccccc1F. The molecular formula is C23H22FNO4S2. The Bertz CT molecular complexity index is 1020. The van der Waals surface area contributed by atoms with Gasteiger partial charge >= 0.3 is 0 Å². The predicted molar refractivity (Wildman–Crippen MR) is 123 cm³/mol. The molecule has 8 heteroatoms. The number of benzene rings is 2. The Hall–Kier alpha value is -2.42. The van der Waals surface area contributed by atoms with Gasteiger partial charge in [-0.25, -0.2) is 4.39 Å². The maximum atomic E-state index is 13.8. The third-order valence-corrected chi connectivity index (χ3v) is 6.49. The summed E-state index contributed by atoms with van der Waals surface area (Å²) in [5.41, 5.74) is 1.25. The molecule has 2 aliphatic rings. The Morgan fingerprint density at radius 1 is 1.29 bits per heavy atom. The Morgan fingerprint density at radius 3 is 2.87 bits per heavy atom. The van der Waals surface area contributed by atoms with E-state index in [1.54, 1.807) is 41.3 Å². The first-order chi connectivity index (χ1) is 15.0. The van der Waals surface area contributed by atoms with Crippen molar-refractivity contribution >= 4 is 40.3 Å². The number of hydrogen-bond donors (Lipinski definition) is 0. The van der Waals surface area contributed by atoms with Crippen molar-refractivity contribution in [3.8, 4) is 11.5 Å². The van der Waals surface area contributed by atoms with Gasteiger partial charge in [0.05, 0.1) is 24.7 Å². The summed E-state index contributed by atoms with van der Waals surface area (Å²) in [5.74, 6) is 0.571. The normalized spacial score (nSPS) is 20.0. The lowest BCUT2D eigenvalue weighted by Gasteiger charge is -2.18. The van der Waals surface area contributed by atoms with Crippen LogP contribution in [0, 0.1) is 5.82 Å². The number of carbonyl (C=O) groups excluding carboxylic acids is 1. The lowest BCUT2D eigenvalue weighted by atomic mass is 10.1. The molecule has 2 aromatic carbocycles. The van der Waals surface area contributed by atoms with Crippen molar-refractivity contribution in [2.45, 2.75) is 25.6 Å². The molecule has 1 atom stereocenters. The minimum atomic E-state index is -0.317. The molecule has 0 aromatic heterocycles. The molecule has 2 aliphatic heterocycles. The second-order valence-corrected chi connectivity index (χ2v) is 8.89. The summed E-state index contributed by atoms with van der Waals surface area (Å²) in [6, 6.07) is 11.8. The summed E-state index contributed by atoms with van der Waals surface area (Å²) in [6.45, 7) is 1.32. The van der Waals surface area contributed by atoms with E-state index in [0.29, 0.717) is 32.8 Å². The summed E-state index contributed by atoms with van der Waals surface area (Å²) in [5, 5.41) is 0. The number of methoxy groups -OCH3 is 1. The second-order valence-electron chi connectivity index (χ2n) is 7.22. The molecule has 0 unspecified atom stereocenters. The summed E-state index contributed by atoms with van der Waals surface area (Å²) in [6.07, 6.45) is 3.80. The summed E-state index contributed by atoms with van der Waals surface area (Å²) < 4.78 is 31.2. The topological polar surface area (TPSA) is 48.0 Å². The number of ether oxygens (including phenoxy) is 3. The van der Waals surface area contributed by atoms with Gasteiger partial charge in [0.1, 0.15) is 16.7 Å². The predicted octanol–water partition coefficient (Wildman–Crippen LogP) is 4.79. The van der Waals surface area contributed by atoms with Crippen LogP contribution in [0.25, 0.3) is 6.08 Å². The van der Waals surface area contributed by atoms with Gasteiger partial charge in [0.15, 0.2) is 11.5 Å². The van der Waals surface area contributed by atoms with E-state index >= 15 is 0 Å². The number of amides is 1. The Kier molecular flexibility index (Phi) is 6.89. The van der Waals surface area contributed by atoms with Gasteiger partial charge in [-0.05, 0) is 42.7 Å². The summed E-state index contributed by atoms with van der Waals surface area (Å²) in [7, 11) is 1.54. The van der Waals surface area contributed by atoms with Crippen LogP contribution in [0.5, 0.6) is 11.5 Å². The third kappa shape index (κ3) is 5.08. The van der Waals surface area contributed by atoms with Crippen molar-refractivity contribution < 1.29 is 23.4 Å². The largest absolute Gasteiger partial charge is 0.493 e. The van der Waals surface area contributed by atoms with Crippen LogP contribution in [0.4, 0.5) is 4.39 Å². The first-order valence-electron chi connectivity index (χ1n) is 9.96. The van der Waals surface area contributed by atoms with Crippen LogP contribution in [0.2, 0.25) is 0 Å². The van der Waals surface area contributed by atoms with Gasteiger partial charge in [-0.3, -0.25) is 9.69 Å². The highest BCUT2D eigenvalue weighted by Crippen LogP contribution is 2.35. The van der Waals surface area contributed by atoms with E-state index in [1.807, 2.05) is 6.07 Å². The van der Waals surface area contributed by atoms with E-state index in [0.717, 1.165) is 25.0 Å². The highest BCUT2D eigenvalue weighted by atomic mass is 32.2. The maximum absolute atomic E-state index is 13.8. The van der Waals surface area contributed by atoms with Crippen molar-refractivity contribution in [1.29, 1.82) is 0 Å². The fraction of sp³-hybridized carbons (Fsp3) is 0.304. The van der Waals surface area contributed by atoms with E-state index < -0.39 is 0 Å². The molecule has 162 valence electrons. The van der Waals surface area contributed by atoms with E-state index in [2.05, 4.69) is 0 Å². The van der Waals surface area contributed by atoms with Crippen LogP contribution >= 0.6 is 24.0 Å². The lowest BCUT2D eigenvalue weighted by molar-refractivity contribution is -0.123. The lowest BCUT2D eigenvalue weighted by Crippen LogP contribution is -2.35. The van der Waals surface area contributed by atoms with Gasteiger partial charge in [0.2, 0.25) is 0 Å². The highest BCUT2D eigenvalue weighted by Gasteiger charge is 2.34. The molecule has 2 heterocycles. The molecule has 2 saturated heterocycles. The minimum Gasteiger partial charge on any atom is -0.493 e. The van der Waals surface area contributed by atoms with Crippen LogP contribution in [-0.2, 0) is 16.1 Å². The van der Waals surface area contributed by atoms with Gasteiger partial charge in [-0.2, -0.15) is 0 Å². The van der Waals surface area contributed by atoms with E-state index in [1.165, 1.54) is 24.9 Å². The minimum absolute atomic E-state index is 0.0489. The second kappa shape index (κ2) is 9.80. The van der Waals surface area contributed by atoms with E-state index in [9.17, 15) is 9.18 Å². The fourth-order valence-corrected chi connectivity index (χ4v) is 4.74. The number of thiocarbonyl (C=S) groups is 1. The average molecular weight is 460 g/mol. The van der Waals surface area contributed by atoms with Gasteiger partial charge in [0.25, 0.3) is 5.91 Å². The highest BCUT2D eigenvalue weighted by molar-refractivity contribution is 8.26. The molecule has 0 bridgehead atoms. The summed E-state index contributed by atoms with van der Waals surface area (Å²) in [4.78, 5) is 15.0. The van der Waals surface area contributed by atoms with Gasteiger partial charge < -0.3 is 14.2 Å². The zero-order valence-corrected chi connectivity index (χ0v) is 18.6. The number of thioether (sulfide) groups is 1. The Balaban J connectivity index is 1.47. The fourth-order valence-electron chi connectivity index (χ4n) is 3.46. The smallest absolute Gasteiger partial charge is 0.266 e. The molecule has 1 amide bonds. The number of hydrogen-bond acceptors (Lipinski definition) is 6. The van der Waals surface area contributed by atoms with Crippen molar-refractivity contribution in [1.82, 2.24) is 4.90 Å². The molecule has 0 N–H and O–H groups in total. The maximum Gasteiger partial charge on any atom is 0.266 e. The molecule has 0 spiro atoms. The van der Waals surface area contributed by atoms with Crippen molar-refractivity contribution in [2.24, 2.45) is 0 Å².